The van der Waals surface area contributed by atoms with Crippen LogP contribution in [0, 0.1) is 0 Å². The summed E-state index contributed by atoms with van der Waals surface area (Å²) < 4.78 is 0. The number of carbonyl (C=O) groups excluding carboxylic acids is 1. The van der Waals surface area contributed by atoms with Gasteiger partial charge in [0.2, 0.25) is 0 Å². The van der Waals surface area contributed by atoms with Gasteiger partial charge >= 0.3 is 0 Å². The molecule has 0 radical (unpaired) electrons. The summed E-state index contributed by atoms with van der Waals surface area (Å²) >= 11 is 0. The van der Waals surface area contributed by atoms with Gasteiger partial charge in [0.1, 0.15) is 0 Å². The lowest BCUT2D eigenvalue weighted by Gasteiger charge is -2.06. The average Bonchev–Trinajstić information content (AvgIpc) is 2.46. The first-order valence-electron chi connectivity index (χ1n) is 8.40. The molecule has 1 aliphatic rings. The van der Waals surface area contributed by atoms with E-state index in [9.17, 15) is 4.79 Å². The normalized spacial score (nSPS) is 19.5. The number of hydrogen-bond acceptors (Lipinski definition) is 2. The summed E-state index contributed by atoms with van der Waals surface area (Å²) in [5.74, 6) is 0.00595. The Kier molecular flexibility index (Phi) is 14.6. The first-order valence-corrected chi connectivity index (χ1v) is 8.40. The quantitative estimate of drug-likeness (QED) is 0.653. The standard InChI is InChI=1S/C16H24N2O.C3H8.2H2/c1-17-13-9-5-6-10-14-18-16(19)15-11-7-3-2-4-8-12-15;1-3-2;;/h2-4,7-8,11-12,17H,5-6,9-10,13-14H2,1H3,(H,18,19);3H2,1-2H3;2*1H/b3-2-,4-2?,7-3?,8-4-,11-7-,12-8?,15-11?,15-12+;;;. The van der Waals surface area contributed by atoms with Gasteiger partial charge in [-0.3, -0.25) is 4.79 Å². The second-order valence-electron chi connectivity index (χ2n) is 5.23. The largest absolute Gasteiger partial charge is 0.352 e. The lowest BCUT2D eigenvalue weighted by atomic mass is 10.1. The molecule has 0 aromatic rings. The molecule has 1 aliphatic carbocycles. The summed E-state index contributed by atoms with van der Waals surface area (Å²) in [5.41, 5.74) is 0.704. The monoisotopic (exact) mass is 308 g/mol. The minimum absolute atomic E-state index is 0. The number of carbonyl (C=O) groups is 1. The summed E-state index contributed by atoms with van der Waals surface area (Å²) in [5, 5.41) is 6.09. The van der Waals surface area contributed by atoms with Crippen molar-refractivity contribution < 1.29 is 7.65 Å². The zero-order valence-corrected chi connectivity index (χ0v) is 14.4. The summed E-state index contributed by atoms with van der Waals surface area (Å²) in [6.45, 7) is 6.08. The van der Waals surface area contributed by atoms with Crippen molar-refractivity contribution in [2.75, 3.05) is 20.1 Å². The minimum Gasteiger partial charge on any atom is -0.352 e. The van der Waals surface area contributed by atoms with E-state index < -0.39 is 0 Å². The molecule has 22 heavy (non-hydrogen) atoms. The molecule has 1 amide bonds. The molecule has 0 saturated carbocycles. The number of allylic oxidation sites excluding steroid dienone is 6. The molecule has 1 rings (SSSR count). The molecule has 0 heterocycles. The van der Waals surface area contributed by atoms with Crippen molar-refractivity contribution in [2.24, 2.45) is 0 Å². The Bertz CT molecular complexity index is 402. The smallest absolute Gasteiger partial charge is 0.251 e. The van der Waals surface area contributed by atoms with E-state index in [-0.39, 0.29) is 8.76 Å². The van der Waals surface area contributed by atoms with E-state index in [1.807, 2.05) is 49.6 Å². The van der Waals surface area contributed by atoms with Crippen LogP contribution in [0.25, 0.3) is 0 Å². The van der Waals surface area contributed by atoms with Gasteiger partial charge in [-0.2, -0.15) is 0 Å². The van der Waals surface area contributed by atoms with Crippen LogP contribution in [-0.4, -0.2) is 26.0 Å². The molecule has 0 fully saturated rings. The fourth-order valence-corrected chi connectivity index (χ4v) is 1.80. The van der Waals surface area contributed by atoms with Crippen LogP contribution in [0.2, 0.25) is 0 Å². The third-order valence-electron chi connectivity index (χ3n) is 2.90. The third kappa shape index (κ3) is 12.2. The Morgan fingerprint density at radius 3 is 2.23 bits per heavy atom. The highest BCUT2D eigenvalue weighted by molar-refractivity contribution is 5.96. The Balaban J connectivity index is -0.000000818. The van der Waals surface area contributed by atoms with E-state index in [2.05, 4.69) is 24.5 Å². The average molecular weight is 309 g/mol. The number of amides is 1. The van der Waals surface area contributed by atoms with Gasteiger partial charge < -0.3 is 10.6 Å². The summed E-state index contributed by atoms with van der Waals surface area (Å²) in [4.78, 5) is 11.9. The molecule has 0 bridgehead atoms. The van der Waals surface area contributed by atoms with Crippen LogP contribution >= 0.6 is 0 Å². The Hall–Kier alpha value is -1.61. The Morgan fingerprint density at radius 2 is 1.55 bits per heavy atom. The molecule has 3 nitrogen and oxygen atoms in total. The fourth-order valence-electron chi connectivity index (χ4n) is 1.80. The zero-order chi connectivity index (χ0) is 16.5. The van der Waals surface area contributed by atoms with Gasteiger partial charge in [0.15, 0.2) is 0 Å². The lowest BCUT2D eigenvalue weighted by Crippen LogP contribution is -2.25. The molecule has 0 atom stereocenters. The maximum atomic E-state index is 11.9. The summed E-state index contributed by atoms with van der Waals surface area (Å²) in [6, 6.07) is 0. The summed E-state index contributed by atoms with van der Waals surface area (Å²) in [7, 11) is 1.97. The molecule has 2 N–H and O–H groups in total. The van der Waals surface area contributed by atoms with E-state index in [0.717, 1.165) is 19.5 Å². The van der Waals surface area contributed by atoms with E-state index in [1.54, 1.807) is 0 Å². The highest BCUT2D eigenvalue weighted by Crippen LogP contribution is 2.02. The molecule has 0 spiro atoms. The second kappa shape index (κ2) is 15.8. The van der Waals surface area contributed by atoms with Gasteiger partial charge in [0.05, 0.1) is 0 Å². The number of unbranched alkanes of at least 4 members (excludes halogenated alkanes) is 3. The highest BCUT2D eigenvalue weighted by atomic mass is 16.1. The van der Waals surface area contributed by atoms with Gasteiger partial charge in [-0.25, -0.2) is 0 Å². The predicted octanol–water partition coefficient (Wildman–Crippen LogP) is 4.40. The topological polar surface area (TPSA) is 41.1 Å². The molecule has 0 aromatic heterocycles. The molecule has 128 valence electrons. The minimum atomic E-state index is 0. The number of nitrogens with one attached hydrogen (secondary N) is 2. The molecule has 0 aromatic carbocycles. The van der Waals surface area contributed by atoms with E-state index in [1.165, 1.54) is 25.7 Å². The van der Waals surface area contributed by atoms with Crippen molar-refractivity contribution in [1.82, 2.24) is 10.6 Å². The highest BCUT2D eigenvalue weighted by Gasteiger charge is 2.04. The first-order chi connectivity index (χ1) is 10.8. The molecule has 0 unspecified atom stereocenters. The van der Waals surface area contributed by atoms with Crippen LogP contribution in [0.5, 0.6) is 0 Å². The van der Waals surface area contributed by atoms with Crippen molar-refractivity contribution in [1.29, 1.82) is 0 Å². The predicted molar refractivity (Wildman–Crippen MR) is 101 cm³/mol. The zero-order valence-electron chi connectivity index (χ0n) is 14.4. The van der Waals surface area contributed by atoms with Gasteiger partial charge in [0, 0.05) is 15.0 Å². The molecular weight excluding hydrogens is 272 g/mol. The van der Waals surface area contributed by atoms with Crippen LogP contribution in [0.4, 0.5) is 0 Å². The third-order valence-corrected chi connectivity index (χ3v) is 2.90. The lowest BCUT2D eigenvalue weighted by molar-refractivity contribution is -0.117. The van der Waals surface area contributed by atoms with E-state index in [4.69, 9.17) is 0 Å². The van der Waals surface area contributed by atoms with Crippen LogP contribution < -0.4 is 10.6 Å². The van der Waals surface area contributed by atoms with E-state index >= 15 is 0 Å². The first kappa shape index (κ1) is 20.4. The van der Waals surface area contributed by atoms with Crippen molar-refractivity contribution >= 4 is 5.91 Å². The number of hydrogen-bond donors (Lipinski definition) is 2. The Labute approximate surface area is 139 Å². The van der Waals surface area contributed by atoms with Crippen LogP contribution in [-0.2, 0) is 4.79 Å². The van der Waals surface area contributed by atoms with Crippen LogP contribution in [0.15, 0.2) is 48.1 Å². The molecule has 3 heteroatoms. The maximum Gasteiger partial charge on any atom is 0.251 e. The summed E-state index contributed by atoms with van der Waals surface area (Å²) in [6.07, 6.45) is 19.1. The number of rotatable bonds is 8. The van der Waals surface area contributed by atoms with Gasteiger partial charge in [-0.15, -0.1) is 0 Å². The Morgan fingerprint density at radius 1 is 0.955 bits per heavy atom. The van der Waals surface area contributed by atoms with Crippen LogP contribution in [0.3, 0.4) is 0 Å². The van der Waals surface area contributed by atoms with Gasteiger partial charge in [-0.1, -0.05) is 63.5 Å². The second-order valence-corrected chi connectivity index (χ2v) is 5.23. The molecule has 0 saturated heterocycles. The van der Waals surface area contributed by atoms with Crippen molar-refractivity contribution in [3.8, 4) is 0 Å². The van der Waals surface area contributed by atoms with Crippen LogP contribution in [0.1, 0.15) is 48.8 Å². The fraction of sp³-hybridized carbons (Fsp3) is 0.526. The van der Waals surface area contributed by atoms with Crippen molar-refractivity contribution in [2.45, 2.75) is 46.0 Å². The molecule has 0 aliphatic heterocycles. The van der Waals surface area contributed by atoms with Crippen molar-refractivity contribution in [3.63, 3.8) is 0 Å². The maximum absolute atomic E-state index is 11.9. The van der Waals surface area contributed by atoms with E-state index in [0.29, 0.717) is 5.57 Å². The SMILES string of the molecule is CCC.CNCCCCCCNC(=O)C1=C/C=C\C=C/C=C\1.[HH].[HH]. The molecular formula is C19H36N2O. The van der Waals surface area contributed by atoms with Gasteiger partial charge in [0.25, 0.3) is 5.91 Å². The van der Waals surface area contributed by atoms with Crippen molar-refractivity contribution in [3.05, 3.63) is 48.1 Å². The van der Waals surface area contributed by atoms with Gasteiger partial charge in [-0.05, 0) is 38.6 Å².